The topological polar surface area (TPSA) is 87.5 Å². The Hall–Kier alpha value is -2.28. The highest BCUT2D eigenvalue weighted by molar-refractivity contribution is 7.14. The van der Waals surface area contributed by atoms with E-state index >= 15 is 0 Å². The third-order valence-corrected chi connectivity index (χ3v) is 3.16. The molecule has 0 spiro atoms. The molecule has 6 nitrogen and oxygen atoms in total. The van der Waals surface area contributed by atoms with Gasteiger partial charge in [0.05, 0.1) is 0 Å². The van der Waals surface area contributed by atoms with E-state index in [0.717, 1.165) is 5.69 Å². The standard InChI is InChI=1S/C12H12N4O2S/c1-7-5-9(3-4-13-7)11(17)15-12-14-10(6-19-12)8(2)16-18/h3-6,18H,1-2H3,(H,14,15,17)/b16-8-. The third kappa shape index (κ3) is 3.14. The molecule has 2 aromatic heterocycles. The first-order valence-electron chi connectivity index (χ1n) is 5.48. The summed E-state index contributed by atoms with van der Waals surface area (Å²) in [4.78, 5) is 20.1. The number of hydrogen-bond acceptors (Lipinski definition) is 6. The summed E-state index contributed by atoms with van der Waals surface area (Å²) >= 11 is 1.27. The van der Waals surface area contributed by atoms with E-state index in [-0.39, 0.29) is 5.91 Å². The Morgan fingerprint density at radius 2 is 2.32 bits per heavy atom. The van der Waals surface area contributed by atoms with Gasteiger partial charge in [-0.2, -0.15) is 0 Å². The van der Waals surface area contributed by atoms with Gasteiger partial charge in [-0.1, -0.05) is 5.16 Å². The zero-order chi connectivity index (χ0) is 13.8. The molecule has 0 aromatic carbocycles. The van der Waals surface area contributed by atoms with Gasteiger partial charge in [-0.3, -0.25) is 15.1 Å². The molecule has 0 unspecified atom stereocenters. The zero-order valence-corrected chi connectivity index (χ0v) is 11.2. The van der Waals surface area contributed by atoms with Crippen LogP contribution in [0, 0.1) is 6.92 Å². The molecule has 2 heterocycles. The number of amides is 1. The van der Waals surface area contributed by atoms with Crippen molar-refractivity contribution in [3.05, 3.63) is 40.7 Å². The molecule has 1 amide bonds. The van der Waals surface area contributed by atoms with Gasteiger partial charge < -0.3 is 5.21 Å². The Kier molecular flexibility index (Phi) is 3.86. The van der Waals surface area contributed by atoms with Crippen LogP contribution in [-0.2, 0) is 0 Å². The van der Waals surface area contributed by atoms with Gasteiger partial charge in [-0.05, 0) is 26.0 Å². The van der Waals surface area contributed by atoms with Crippen molar-refractivity contribution in [2.24, 2.45) is 5.16 Å². The summed E-state index contributed by atoms with van der Waals surface area (Å²) in [5, 5.41) is 16.6. The number of aromatic nitrogens is 2. The highest BCUT2D eigenvalue weighted by Gasteiger charge is 2.10. The van der Waals surface area contributed by atoms with Crippen LogP contribution in [0.5, 0.6) is 0 Å². The number of rotatable bonds is 3. The van der Waals surface area contributed by atoms with Crippen LogP contribution in [-0.4, -0.2) is 26.8 Å². The molecular weight excluding hydrogens is 264 g/mol. The lowest BCUT2D eigenvalue weighted by molar-refractivity contribution is 0.102. The first kappa shape index (κ1) is 13.2. The molecule has 0 aliphatic heterocycles. The number of carbonyl (C=O) groups is 1. The SMILES string of the molecule is C/C(=N/O)c1csc(NC(=O)c2ccnc(C)c2)n1. The van der Waals surface area contributed by atoms with Crippen LogP contribution in [0.1, 0.15) is 28.7 Å². The van der Waals surface area contributed by atoms with E-state index in [1.807, 2.05) is 6.92 Å². The lowest BCUT2D eigenvalue weighted by Gasteiger charge is -2.01. The van der Waals surface area contributed by atoms with Crippen molar-refractivity contribution in [3.63, 3.8) is 0 Å². The number of nitrogens with zero attached hydrogens (tertiary/aromatic N) is 3. The number of nitrogens with one attached hydrogen (secondary N) is 1. The quantitative estimate of drug-likeness (QED) is 0.511. The van der Waals surface area contributed by atoms with Crippen molar-refractivity contribution in [3.8, 4) is 0 Å². The Balaban J connectivity index is 2.13. The van der Waals surface area contributed by atoms with Crippen molar-refractivity contribution in [1.82, 2.24) is 9.97 Å². The van der Waals surface area contributed by atoms with E-state index in [2.05, 4.69) is 20.4 Å². The number of pyridine rings is 1. The maximum Gasteiger partial charge on any atom is 0.257 e. The van der Waals surface area contributed by atoms with Crippen LogP contribution in [0.4, 0.5) is 5.13 Å². The summed E-state index contributed by atoms with van der Waals surface area (Å²) in [6, 6.07) is 3.33. The minimum absolute atomic E-state index is 0.245. The summed E-state index contributed by atoms with van der Waals surface area (Å²) in [6.07, 6.45) is 1.58. The molecule has 0 saturated heterocycles. The highest BCUT2D eigenvalue weighted by atomic mass is 32.1. The molecule has 0 bridgehead atoms. The number of oxime groups is 1. The number of hydrogen-bond donors (Lipinski definition) is 2. The molecule has 98 valence electrons. The largest absolute Gasteiger partial charge is 0.411 e. The van der Waals surface area contributed by atoms with Crippen molar-refractivity contribution in [2.75, 3.05) is 5.32 Å². The van der Waals surface area contributed by atoms with Gasteiger partial charge in [0.15, 0.2) is 5.13 Å². The molecule has 0 radical (unpaired) electrons. The maximum atomic E-state index is 12.0. The summed E-state index contributed by atoms with van der Waals surface area (Å²) < 4.78 is 0. The van der Waals surface area contributed by atoms with Gasteiger partial charge in [-0.15, -0.1) is 11.3 Å². The van der Waals surface area contributed by atoms with E-state index in [4.69, 9.17) is 5.21 Å². The minimum Gasteiger partial charge on any atom is -0.411 e. The molecule has 0 atom stereocenters. The van der Waals surface area contributed by atoms with E-state index < -0.39 is 0 Å². The van der Waals surface area contributed by atoms with Crippen LogP contribution < -0.4 is 5.32 Å². The monoisotopic (exact) mass is 276 g/mol. The fourth-order valence-corrected chi connectivity index (χ4v) is 2.15. The molecule has 2 N–H and O–H groups in total. The first-order chi connectivity index (χ1) is 9.10. The van der Waals surface area contributed by atoms with Gasteiger partial charge in [-0.25, -0.2) is 4.98 Å². The zero-order valence-electron chi connectivity index (χ0n) is 10.4. The van der Waals surface area contributed by atoms with E-state index in [1.165, 1.54) is 11.3 Å². The molecule has 0 aliphatic rings. The molecule has 0 fully saturated rings. The van der Waals surface area contributed by atoms with Crippen LogP contribution in [0.15, 0.2) is 28.9 Å². The summed E-state index contributed by atoms with van der Waals surface area (Å²) in [7, 11) is 0. The molecule has 2 rings (SSSR count). The Morgan fingerprint density at radius 3 is 3.00 bits per heavy atom. The smallest absolute Gasteiger partial charge is 0.257 e. The van der Waals surface area contributed by atoms with Crippen molar-refractivity contribution >= 4 is 28.1 Å². The van der Waals surface area contributed by atoms with Crippen LogP contribution in [0.2, 0.25) is 0 Å². The molecule has 19 heavy (non-hydrogen) atoms. The normalized spacial score (nSPS) is 11.4. The van der Waals surface area contributed by atoms with Gasteiger partial charge in [0, 0.05) is 22.8 Å². The molecule has 2 aromatic rings. The Morgan fingerprint density at radius 1 is 1.53 bits per heavy atom. The van der Waals surface area contributed by atoms with Gasteiger partial charge in [0.2, 0.25) is 0 Å². The molecular formula is C12H12N4O2S. The Labute approximate surface area is 113 Å². The van der Waals surface area contributed by atoms with Crippen LogP contribution in [0.25, 0.3) is 0 Å². The second kappa shape index (κ2) is 5.57. The summed E-state index contributed by atoms with van der Waals surface area (Å²) in [5.41, 5.74) is 2.23. The average molecular weight is 276 g/mol. The second-order valence-corrected chi connectivity index (χ2v) is 4.72. The van der Waals surface area contributed by atoms with E-state index in [1.54, 1.807) is 30.6 Å². The van der Waals surface area contributed by atoms with Crippen LogP contribution in [0.3, 0.4) is 0 Å². The first-order valence-corrected chi connectivity index (χ1v) is 6.36. The van der Waals surface area contributed by atoms with Crippen molar-refractivity contribution in [1.29, 1.82) is 0 Å². The van der Waals surface area contributed by atoms with Crippen LogP contribution >= 0.6 is 11.3 Å². The highest BCUT2D eigenvalue weighted by Crippen LogP contribution is 2.17. The molecule has 7 heteroatoms. The number of anilines is 1. The summed E-state index contributed by atoms with van der Waals surface area (Å²) in [6.45, 7) is 3.45. The van der Waals surface area contributed by atoms with Crippen molar-refractivity contribution in [2.45, 2.75) is 13.8 Å². The lowest BCUT2D eigenvalue weighted by Crippen LogP contribution is -2.12. The predicted octanol–water partition coefficient (Wildman–Crippen LogP) is 2.30. The number of aryl methyl sites for hydroxylation is 1. The fourth-order valence-electron chi connectivity index (χ4n) is 1.40. The number of carbonyl (C=O) groups excluding carboxylic acids is 1. The van der Waals surface area contributed by atoms with Gasteiger partial charge in [0.1, 0.15) is 11.4 Å². The second-order valence-electron chi connectivity index (χ2n) is 3.86. The third-order valence-electron chi connectivity index (χ3n) is 2.40. The number of thiazole rings is 1. The predicted molar refractivity (Wildman–Crippen MR) is 73.0 cm³/mol. The fraction of sp³-hybridized carbons (Fsp3) is 0.167. The summed E-state index contributed by atoms with van der Waals surface area (Å²) in [5.74, 6) is -0.245. The average Bonchev–Trinajstić information content (AvgIpc) is 2.86. The van der Waals surface area contributed by atoms with Crippen molar-refractivity contribution < 1.29 is 10.0 Å². The van der Waals surface area contributed by atoms with Gasteiger partial charge >= 0.3 is 0 Å². The van der Waals surface area contributed by atoms with E-state index in [9.17, 15) is 4.79 Å². The Bertz CT molecular complexity index is 636. The lowest BCUT2D eigenvalue weighted by atomic mass is 10.2. The van der Waals surface area contributed by atoms with E-state index in [0.29, 0.717) is 22.1 Å². The van der Waals surface area contributed by atoms with Gasteiger partial charge in [0.25, 0.3) is 5.91 Å². The molecule has 0 saturated carbocycles. The maximum absolute atomic E-state index is 12.0. The minimum atomic E-state index is -0.245. The molecule has 0 aliphatic carbocycles.